The summed E-state index contributed by atoms with van der Waals surface area (Å²) in [5.74, 6) is -0.262. The first-order valence-corrected chi connectivity index (χ1v) is 7.33. The van der Waals surface area contributed by atoms with Gasteiger partial charge in [0, 0.05) is 4.88 Å². The van der Waals surface area contributed by atoms with Crippen LogP contribution in [0.4, 0.5) is 0 Å². The second kappa shape index (κ2) is 7.19. The fraction of sp³-hybridized carbons (Fsp3) is 0.267. The van der Waals surface area contributed by atoms with E-state index in [2.05, 4.69) is 5.32 Å². The number of hydrogen-bond acceptors (Lipinski definition) is 4. The molecule has 0 bridgehead atoms. The summed E-state index contributed by atoms with van der Waals surface area (Å²) in [5.41, 5.74) is 6.96. The van der Waals surface area contributed by atoms with Crippen LogP contribution in [0, 0.1) is 0 Å². The van der Waals surface area contributed by atoms with Gasteiger partial charge in [-0.25, -0.2) is 0 Å². The van der Waals surface area contributed by atoms with Gasteiger partial charge in [0.1, 0.15) is 6.04 Å². The minimum atomic E-state index is -0.681. The lowest BCUT2D eigenvalue weighted by molar-refractivity contribution is -0.123. The van der Waals surface area contributed by atoms with E-state index in [4.69, 9.17) is 5.73 Å². The molecule has 0 fully saturated rings. The molecule has 0 aliphatic carbocycles. The summed E-state index contributed by atoms with van der Waals surface area (Å²) in [6.07, 6.45) is 0.584. The number of aliphatic hydroxyl groups is 1. The number of aliphatic hydroxyl groups excluding tert-OH is 1. The van der Waals surface area contributed by atoms with E-state index in [0.29, 0.717) is 6.42 Å². The van der Waals surface area contributed by atoms with Crippen molar-refractivity contribution in [3.05, 3.63) is 58.3 Å². The highest BCUT2D eigenvalue weighted by molar-refractivity contribution is 7.10. The normalized spacial score (nSPS) is 13.7. The van der Waals surface area contributed by atoms with Crippen LogP contribution in [0.5, 0.6) is 0 Å². The number of carbonyl (C=O) groups excluding carboxylic acids is 1. The smallest absolute Gasteiger partial charge is 0.242 e. The number of benzene rings is 1. The van der Waals surface area contributed by atoms with Crippen molar-refractivity contribution in [2.45, 2.75) is 18.5 Å². The average Bonchev–Trinajstić information content (AvgIpc) is 3.01. The maximum Gasteiger partial charge on any atom is 0.242 e. The Kier molecular flexibility index (Phi) is 5.29. The van der Waals surface area contributed by atoms with E-state index in [1.54, 1.807) is 0 Å². The van der Waals surface area contributed by atoms with Crippen LogP contribution in [0.15, 0.2) is 47.8 Å². The lowest BCUT2D eigenvalue weighted by Crippen LogP contribution is -2.43. The highest BCUT2D eigenvalue weighted by Crippen LogP contribution is 2.17. The van der Waals surface area contributed by atoms with Crippen molar-refractivity contribution >= 4 is 17.2 Å². The average molecular weight is 290 g/mol. The van der Waals surface area contributed by atoms with Gasteiger partial charge in [-0.2, -0.15) is 0 Å². The largest absolute Gasteiger partial charge is 0.394 e. The Balaban J connectivity index is 1.94. The number of amides is 1. The molecule has 0 aliphatic heterocycles. The predicted octanol–water partition coefficient (Wildman–Crippen LogP) is 1.47. The second-order valence-corrected chi connectivity index (χ2v) is 5.55. The summed E-state index contributed by atoms with van der Waals surface area (Å²) in [5, 5.41) is 14.1. The van der Waals surface area contributed by atoms with Gasteiger partial charge in [0.25, 0.3) is 0 Å². The molecule has 106 valence electrons. The molecule has 2 rings (SSSR count). The van der Waals surface area contributed by atoms with Crippen molar-refractivity contribution in [1.29, 1.82) is 0 Å². The molecule has 4 N–H and O–H groups in total. The Morgan fingerprint density at radius 1 is 1.25 bits per heavy atom. The molecule has 0 spiro atoms. The topological polar surface area (TPSA) is 75.4 Å². The van der Waals surface area contributed by atoms with Crippen LogP contribution in [0.3, 0.4) is 0 Å². The molecule has 2 atom stereocenters. The molecule has 1 aromatic carbocycles. The van der Waals surface area contributed by atoms with Crippen molar-refractivity contribution in [1.82, 2.24) is 5.32 Å². The third kappa shape index (κ3) is 3.90. The highest BCUT2D eigenvalue weighted by Gasteiger charge is 2.20. The van der Waals surface area contributed by atoms with Gasteiger partial charge < -0.3 is 16.2 Å². The van der Waals surface area contributed by atoms with Crippen molar-refractivity contribution in [2.75, 3.05) is 6.61 Å². The third-order valence-corrected chi connectivity index (χ3v) is 3.98. The van der Waals surface area contributed by atoms with E-state index in [9.17, 15) is 9.90 Å². The van der Waals surface area contributed by atoms with Crippen LogP contribution in [0.25, 0.3) is 0 Å². The molecule has 5 heteroatoms. The zero-order valence-corrected chi connectivity index (χ0v) is 11.8. The van der Waals surface area contributed by atoms with Crippen LogP contribution in [-0.4, -0.2) is 23.7 Å². The number of nitrogens with one attached hydrogen (secondary N) is 1. The minimum Gasteiger partial charge on any atom is -0.394 e. The molecule has 2 aromatic rings. The standard InChI is InChI=1S/C15H18N2O2S/c16-14(13-7-4-8-20-13)15(19)17-12(10-18)9-11-5-2-1-3-6-11/h1-8,12,14,18H,9-10,16H2,(H,17,19)/t12-,14?/m0/s1. The number of rotatable bonds is 6. The van der Waals surface area contributed by atoms with Crippen LogP contribution >= 0.6 is 11.3 Å². The number of thiophene rings is 1. The molecule has 0 saturated heterocycles. The number of carbonyl (C=O) groups is 1. The summed E-state index contributed by atoms with van der Waals surface area (Å²) in [6, 6.07) is 12.4. The Morgan fingerprint density at radius 3 is 2.60 bits per heavy atom. The summed E-state index contributed by atoms with van der Waals surface area (Å²) >= 11 is 1.45. The van der Waals surface area contributed by atoms with Gasteiger partial charge in [0.05, 0.1) is 12.6 Å². The molecule has 1 amide bonds. The van der Waals surface area contributed by atoms with Crippen molar-refractivity contribution in [3.63, 3.8) is 0 Å². The second-order valence-electron chi connectivity index (χ2n) is 4.57. The summed E-state index contributed by atoms with van der Waals surface area (Å²) in [4.78, 5) is 12.9. The quantitative estimate of drug-likeness (QED) is 0.754. The molecule has 1 unspecified atom stereocenters. The third-order valence-electron chi connectivity index (χ3n) is 3.02. The zero-order valence-electron chi connectivity index (χ0n) is 11.0. The Bertz CT molecular complexity index is 528. The van der Waals surface area contributed by atoms with E-state index in [0.717, 1.165) is 10.4 Å². The Morgan fingerprint density at radius 2 is 2.00 bits per heavy atom. The van der Waals surface area contributed by atoms with Crippen molar-refractivity contribution < 1.29 is 9.90 Å². The van der Waals surface area contributed by atoms with Gasteiger partial charge >= 0.3 is 0 Å². The number of hydrogen-bond donors (Lipinski definition) is 3. The van der Waals surface area contributed by atoms with Gasteiger partial charge in [0.2, 0.25) is 5.91 Å². The first kappa shape index (κ1) is 14.7. The fourth-order valence-corrected chi connectivity index (χ4v) is 2.67. The van der Waals surface area contributed by atoms with E-state index < -0.39 is 6.04 Å². The SMILES string of the molecule is NC(C(=O)N[C@H](CO)Cc1ccccc1)c1cccs1. The molecule has 0 aliphatic rings. The van der Waals surface area contributed by atoms with Gasteiger partial charge in [-0.05, 0) is 23.4 Å². The first-order chi connectivity index (χ1) is 9.70. The van der Waals surface area contributed by atoms with E-state index in [-0.39, 0.29) is 18.6 Å². The predicted molar refractivity (Wildman–Crippen MR) is 80.4 cm³/mol. The maximum atomic E-state index is 12.1. The molecule has 1 heterocycles. The molecular formula is C15H18N2O2S. The Labute approximate surface area is 122 Å². The van der Waals surface area contributed by atoms with Gasteiger partial charge in [-0.3, -0.25) is 4.79 Å². The summed E-state index contributed by atoms with van der Waals surface area (Å²) in [7, 11) is 0. The van der Waals surface area contributed by atoms with Crippen LogP contribution in [0.2, 0.25) is 0 Å². The zero-order chi connectivity index (χ0) is 14.4. The van der Waals surface area contributed by atoms with Gasteiger partial charge in [-0.15, -0.1) is 11.3 Å². The molecule has 1 aromatic heterocycles. The van der Waals surface area contributed by atoms with Gasteiger partial charge in [0.15, 0.2) is 0 Å². The molecule has 0 saturated carbocycles. The Hall–Kier alpha value is -1.69. The molecule has 0 radical (unpaired) electrons. The van der Waals surface area contributed by atoms with Crippen molar-refractivity contribution in [3.8, 4) is 0 Å². The summed E-state index contributed by atoms with van der Waals surface area (Å²) in [6.45, 7) is -0.113. The molecule has 20 heavy (non-hydrogen) atoms. The van der Waals surface area contributed by atoms with Crippen LogP contribution < -0.4 is 11.1 Å². The van der Waals surface area contributed by atoms with E-state index in [1.165, 1.54) is 11.3 Å². The van der Waals surface area contributed by atoms with E-state index >= 15 is 0 Å². The molecular weight excluding hydrogens is 272 g/mol. The van der Waals surface area contributed by atoms with E-state index in [1.807, 2.05) is 47.8 Å². The lowest BCUT2D eigenvalue weighted by Gasteiger charge is -2.19. The monoisotopic (exact) mass is 290 g/mol. The van der Waals surface area contributed by atoms with Gasteiger partial charge in [-0.1, -0.05) is 36.4 Å². The van der Waals surface area contributed by atoms with Crippen LogP contribution in [0.1, 0.15) is 16.5 Å². The van der Waals surface area contributed by atoms with Crippen molar-refractivity contribution in [2.24, 2.45) is 5.73 Å². The summed E-state index contributed by atoms with van der Waals surface area (Å²) < 4.78 is 0. The minimum absolute atomic E-state index is 0.113. The number of nitrogens with two attached hydrogens (primary N) is 1. The maximum absolute atomic E-state index is 12.1. The highest BCUT2D eigenvalue weighted by atomic mass is 32.1. The lowest BCUT2D eigenvalue weighted by atomic mass is 10.1. The first-order valence-electron chi connectivity index (χ1n) is 6.45. The fourth-order valence-electron chi connectivity index (χ4n) is 1.95. The molecule has 4 nitrogen and oxygen atoms in total. The van der Waals surface area contributed by atoms with Crippen LogP contribution in [-0.2, 0) is 11.2 Å².